The third kappa shape index (κ3) is 1.40. The Kier molecular flexibility index (Phi) is 2.35. The van der Waals surface area contributed by atoms with Gasteiger partial charge in [-0.1, -0.05) is 6.42 Å². The van der Waals surface area contributed by atoms with Gasteiger partial charge in [-0.15, -0.1) is 0 Å². The summed E-state index contributed by atoms with van der Waals surface area (Å²) < 4.78 is 0. The maximum atomic E-state index is 11.3. The third-order valence-corrected chi connectivity index (χ3v) is 5.51. The minimum atomic E-state index is -0.893. The standard InChI is InChI=1S/C14H19NO2/c15-9-13(8-10-1-2-11(13)7-10)14(17)5-3-12(16)4-6-14/h10-11,17H,1-8H2. The van der Waals surface area contributed by atoms with Crippen molar-refractivity contribution < 1.29 is 9.90 Å². The lowest BCUT2D eigenvalue weighted by atomic mass is 9.58. The highest BCUT2D eigenvalue weighted by Gasteiger charge is 2.62. The van der Waals surface area contributed by atoms with Gasteiger partial charge in [-0.25, -0.2) is 0 Å². The Morgan fingerprint density at radius 2 is 2.00 bits per heavy atom. The summed E-state index contributed by atoms with van der Waals surface area (Å²) in [5.41, 5.74) is -1.44. The molecule has 3 rings (SSSR count). The molecule has 3 nitrogen and oxygen atoms in total. The van der Waals surface area contributed by atoms with E-state index in [-0.39, 0.29) is 5.78 Å². The van der Waals surface area contributed by atoms with E-state index in [4.69, 9.17) is 0 Å². The summed E-state index contributed by atoms with van der Waals surface area (Å²) >= 11 is 0. The summed E-state index contributed by atoms with van der Waals surface area (Å²) in [6.07, 6.45) is 6.21. The maximum absolute atomic E-state index is 11.3. The fraction of sp³-hybridized carbons (Fsp3) is 0.857. The molecule has 3 atom stereocenters. The van der Waals surface area contributed by atoms with Crippen molar-refractivity contribution in [1.29, 1.82) is 5.26 Å². The summed E-state index contributed by atoms with van der Waals surface area (Å²) in [7, 11) is 0. The Balaban J connectivity index is 1.91. The van der Waals surface area contributed by atoms with Crippen LogP contribution in [0.5, 0.6) is 0 Å². The molecular formula is C14H19NO2. The van der Waals surface area contributed by atoms with Crippen molar-refractivity contribution in [3.8, 4) is 6.07 Å². The van der Waals surface area contributed by atoms with Crippen LogP contribution in [0.2, 0.25) is 0 Å². The average Bonchev–Trinajstić information content (AvgIpc) is 2.93. The summed E-state index contributed by atoms with van der Waals surface area (Å²) in [6, 6.07) is 2.47. The molecule has 3 heteroatoms. The first-order valence-electron chi connectivity index (χ1n) is 6.75. The Morgan fingerprint density at radius 1 is 1.29 bits per heavy atom. The minimum absolute atomic E-state index is 0.242. The Morgan fingerprint density at radius 3 is 2.47 bits per heavy atom. The van der Waals surface area contributed by atoms with Gasteiger partial charge in [0.15, 0.2) is 0 Å². The Labute approximate surface area is 102 Å². The molecule has 0 heterocycles. The van der Waals surface area contributed by atoms with Gasteiger partial charge in [-0.05, 0) is 43.9 Å². The normalized spacial score (nSPS) is 43.6. The van der Waals surface area contributed by atoms with E-state index in [1.807, 2.05) is 0 Å². The van der Waals surface area contributed by atoms with Crippen LogP contribution in [0.3, 0.4) is 0 Å². The van der Waals surface area contributed by atoms with Crippen LogP contribution in [0.4, 0.5) is 0 Å². The first-order valence-corrected chi connectivity index (χ1v) is 6.75. The van der Waals surface area contributed by atoms with Crippen LogP contribution in [0, 0.1) is 28.6 Å². The number of nitrogens with zero attached hydrogens (tertiary/aromatic N) is 1. The molecule has 17 heavy (non-hydrogen) atoms. The van der Waals surface area contributed by atoms with Gasteiger partial charge in [0.2, 0.25) is 0 Å². The van der Waals surface area contributed by atoms with Gasteiger partial charge in [0, 0.05) is 12.8 Å². The van der Waals surface area contributed by atoms with Crippen molar-refractivity contribution in [3.63, 3.8) is 0 Å². The topological polar surface area (TPSA) is 61.1 Å². The minimum Gasteiger partial charge on any atom is -0.388 e. The fourth-order valence-corrected chi connectivity index (χ4v) is 4.53. The van der Waals surface area contributed by atoms with Crippen LogP contribution in [0.25, 0.3) is 0 Å². The van der Waals surface area contributed by atoms with Crippen molar-refractivity contribution in [2.75, 3.05) is 0 Å². The van der Waals surface area contributed by atoms with E-state index >= 15 is 0 Å². The monoisotopic (exact) mass is 233 g/mol. The van der Waals surface area contributed by atoms with E-state index in [1.54, 1.807) is 0 Å². The number of fused-ring (bicyclic) bond motifs is 2. The van der Waals surface area contributed by atoms with Gasteiger partial charge in [-0.3, -0.25) is 4.79 Å². The van der Waals surface area contributed by atoms with Gasteiger partial charge < -0.3 is 5.11 Å². The molecule has 0 aliphatic heterocycles. The van der Waals surface area contributed by atoms with E-state index < -0.39 is 11.0 Å². The van der Waals surface area contributed by atoms with Crippen molar-refractivity contribution in [3.05, 3.63) is 0 Å². The predicted molar refractivity (Wildman–Crippen MR) is 61.9 cm³/mol. The number of hydrogen-bond donors (Lipinski definition) is 1. The molecule has 0 amide bonds. The van der Waals surface area contributed by atoms with E-state index in [0.29, 0.717) is 37.5 Å². The molecule has 3 unspecified atom stereocenters. The Bertz CT molecular complexity index is 388. The van der Waals surface area contributed by atoms with Gasteiger partial charge in [0.05, 0.1) is 17.1 Å². The number of aliphatic hydroxyl groups is 1. The maximum Gasteiger partial charge on any atom is 0.133 e. The highest BCUT2D eigenvalue weighted by atomic mass is 16.3. The lowest BCUT2D eigenvalue weighted by Gasteiger charge is -2.47. The molecule has 0 aromatic carbocycles. The molecule has 0 radical (unpaired) electrons. The van der Waals surface area contributed by atoms with Gasteiger partial charge in [0.1, 0.15) is 5.78 Å². The van der Waals surface area contributed by atoms with E-state index in [9.17, 15) is 15.2 Å². The summed E-state index contributed by atoms with van der Waals surface area (Å²) in [6.45, 7) is 0. The van der Waals surface area contributed by atoms with Gasteiger partial charge >= 0.3 is 0 Å². The molecule has 0 aromatic heterocycles. The molecule has 3 aliphatic carbocycles. The van der Waals surface area contributed by atoms with Gasteiger partial charge in [0.25, 0.3) is 0 Å². The number of carbonyl (C=O) groups excluding carboxylic acids is 1. The summed E-state index contributed by atoms with van der Waals surface area (Å²) in [5, 5.41) is 20.5. The van der Waals surface area contributed by atoms with Crippen LogP contribution in [0.1, 0.15) is 51.4 Å². The van der Waals surface area contributed by atoms with Crippen LogP contribution >= 0.6 is 0 Å². The van der Waals surface area contributed by atoms with Crippen molar-refractivity contribution >= 4 is 5.78 Å². The molecule has 0 aromatic rings. The number of Topliss-reactive ketones (excluding diaryl/α,β-unsaturated/α-hetero) is 1. The number of rotatable bonds is 1. The lowest BCUT2D eigenvalue weighted by molar-refractivity contribution is -0.137. The Hall–Kier alpha value is -0.880. The van der Waals surface area contributed by atoms with E-state index in [1.165, 1.54) is 6.42 Å². The second kappa shape index (κ2) is 3.55. The zero-order valence-electron chi connectivity index (χ0n) is 10.1. The summed E-state index contributed by atoms with van der Waals surface area (Å²) in [5.74, 6) is 1.25. The number of ketones is 1. The quantitative estimate of drug-likeness (QED) is 0.755. The molecule has 92 valence electrons. The third-order valence-electron chi connectivity index (χ3n) is 5.51. The molecular weight excluding hydrogens is 214 g/mol. The largest absolute Gasteiger partial charge is 0.388 e. The number of carbonyl (C=O) groups is 1. The second-order valence-electron chi connectivity index (χ2n) is 6.23. The van der Waals surface area contributed by atoms with E-state index in [2.05, 4.69) is 6.07 Å². The second-order valence-corrected chi connectivity index (χ2v) is 6.23. The number of nitriles is 1. The highest BCUT2D eigenvalue weighted by Crippen LogP contribution is 2.62. The van der Waals surface area contributed by atoms with Crippen LogP contribution in [-0.4, -0.2) is 16.5 Å². The average molecular weight is 233 g/mol. The van der Waals surface area contributed by atoms with E-state index in [0.717, 1.165) is 19.3 Å². The first kappa shape index (κ1) is 11.2. The van der Waals surface area contributed by atoms with Crippen molar-refractivity contribution in [2.45, 2.75) is 57.0 Å². The fourth-order valence-electron chi connectivity index (χ4n) is 4.53. The molecule has 0 saturated heterocycles. The van der Waals surface area contributed by atoms with Crippen molar-refractivity contribution in [1.82, 2.24) is 0 Å². The molecule has 3 aliphatic rings. The molecule has 0 spiro atoms. The molecule has 2 bridgehead atoms. The van der Waals surface area contributed by atoms with Crippen molar-refractivity contribution in [2.24, 2.45) is 17.3 Å². The zero-order chi connectivity index (χ0) is 12.1. The summed E-state index contributed by atoms with van der Waals surface area (Å²) in [4.78, 5) is 11.3. The predicted octanol–water partition coefficient (Wildman–Crippen LogP) is 2.19. The number of hydrogen-bond acceptors (Lipinski definition) is 3. The van der Waals surface area contributed by atoms with Gasteiger partial charge in [-0.2, -0.15) is 5.26 Å². The molecule has 3 fully saturated rings. The first-order chi connectivity index (χ1) is 8.10. The van der Waals surface area contributed by atoms with Crippen LogP contribution < -0.4 is 0 Å². The zero-order valence-corrected chi connectivity index (χ0v) is 10.1. The van der Waals surface area contributed by atoms with Crippen LogP contribution in [0.15, 0.2) is 0 Å². The lowest BCUT2D eigenvalue weighted by Crippen LogP contribution is -2.52. The smallest absolute Gasteiger partial charge is 0.133 e. The SMILES string of the molecule is N#CC1(C2(O)CCC(=O)CC2)CC2CCC1C2. The molecule has 1 N–H and O–H groups in total. The van der Waals surface area contributed by atoms with Crippen LogP contribution in [-0.2, 0) is 4.79 Å². The molecule has 3 saturated carbocycles. The highest BCUT2D eigenvalue weighted by molar-refractivity contribution is 5.79.